The lowest BCUT2D eigenvalue weighted by atomic mass is 10.1. The summed E-state index contributed by atoms with van der Waals surface area (Å²) in [7, 11) is 0. The molecule has 3 aromatic rings. The van der Waals surface area contributed by atoms with Gasteiger partial charge in [0, 0.05) is 5.02 Å². The van der Waals surface area contributed by atoms with Crippen molar-refractivity contribution in [2.75, 3.05) is 5.73 Å². The van der Waals surface area contributed by atoms with Gasteiger partial charge in [0.05, 0.1) is 11.4 Å². The van der Waals surface area contributed by atoms with Crippen LogP contribution in [-0.4, -0.2) is 36.9 Å². The molecule has 1 amide bonds. The van der Waals surface area contributed by atoms with Gasteiger partial charge in [-0.3, -0.25) is 4.79 Å². The van der Waals surface area contributed by atoms with Crippen LogP contribution in [0.2, 0.25) is 5.02 Å². The van der Waals surface area contributed by atoms with Crippen LogP contribution in [0.3, 0.4) is 0 Å². The van der Waals surface area contributed by atoms with Gasteiger partial charge in [-0.25, -0.2) is 10.1 Å². The molecule has 0 unspecified atom stereocenters. The zero-order valence-electron chi connectivity index (χ0n) is 14.7. The van der Waals surface area contributed by atoms with Crippen LogP contribution in [-0.2, 0) is 6.42 Å². The van der Waals surface area contributed by atoms with E-state index in [1.165, 1.54) is 4.68 Å². The van der Waals surface area contributed by atoms with Crippen molar-refractivity contribution in [3.8, 4) is 5.82 Å². The maximum absolute atomic E-state index is 12.6. The molecule has 0 spiro atoms. The van der Waals surface area contributed by atoms with Gasteiger partial charge >= 0.3 is 0 Å². The van der Waals surface area contributed by atoms with E-state index in [-0.39, 0.29) is 17.3 Å². The smallest absolute Gasteiger partial charge is 0.293 e. The highest BCUT2D eigenvalue weighted by Gasteiger charge is 2.23. The fraction of sp³-hybridized carbons (Fsp3) is 0.250. The number of amides is 1. The summed E-state index contributed by atoms with van der Waals surface area (Å²) in [4.78, 5) is 12.6. The molecule has 11 heteroatoms. The van der Waals surface area contributed by atoms with Crippen molar-refractivity contribution in [1.29, 1.82) is 0 Å². The van der Waals surface area contributed by atoms with Crippen molar-refractivity contribution >= 4 is 29.0 Å². The van der Waals surface area contributed by atoms with Crippen molar-refractivity contribution in [1.82, 2.24) is 30.7 Å². The number of nitrogens with one attached hydrogen (secondary N) is 1. The third-order valence-corrected chi connectivity index (χ3v) is 4.00. The van der Waals surface area contributed by atoms with Gasteiger partial charge in [-0.05, 0) is 41.4 Å². The minimum Gasteiger partial charge on any atom is -0.378 e. The SMILES string of the molecule is CCCc1c(C(=O)NN=C(C)c2ccc(Cl)cc2)nnn1-c1nonc1N. The van der Waals surface area contributed by atoms with Gasteiger partial charge in [-0.1, -0.05) is 42.3 Å². The third kappa shape index (κ3) is 3.95. The van der Waals surface area contributed by atoms with Crippen molar-refractivity contribution < 1.29 is 9.42 Å². The van der Waals surface area contributed by atoms with E-state index in [0.29, 0.717) is 22.8 Å². The Bertz CT molecular complexity index is 977. The fourth-order valence-corrected chi connectivity index (χ4v) is 2.52. The Morgan fingerprint density at radius 3 is 2.70 bits per heavy atom. The Kier molecular flexibility index (Phi) is 5.46. The van der Waals surface area contributed by atoms with Crippen LogP contribution in [0.5, 0.6) is 0 Å². The van der Waals surface area contributed by atoms with Crippen LogP contribution >= 0.6 is 11.6 Å². The highest BCUT2D eigenvalue weighted by molar-refractivity contribution is 6.30. The van der Waals surface area contributed by atoms with E-state index >= 15 is 0 Å². The second kappa shape index (κ2) is 7.96. The molecule has 140 valence electrons. The number of anilines is 1. The lowest BCUT2D eigenvalue weighted by Crippen LogP contribution is -2.21. The number of aromatic nitrogens is 5. The fourth-order valence-electron chi connectivity index (χ4n) is 2.39. The molecule has 0 saturated carbocycles. The molecule has 0 aliphatic rings. The first-order chi connectivity index (χ1) is 13.0. The van der Waals surface area contributed by atoms with E-state index in [4.69, 9.17) is 17.3 Å². The van der Waals surface area contributed by atoms with Gasteiger partial charge in [-0.15, -0.1) is 5.10 Å². The molecule has 0 aliphatic heterocycles. The predicted molar refractivity (Wildman–Crippen MR) is 98.8 cm³/mol. The molecule has 0 fully saturated rings. The van der Waals surface area contributed by atoms with Gasteiger partial charge in [0.25, 0.3) is 5.91 Å². The summed E-state index contributed by atoms with van der Waals surface area (Å²) in [6, 6.07) is 7.12. The van der Waals surface area contributed by atoms with Crippen LogP contribution in [0.4, 0.5) is 5.82 Å². The number of rotatable bonds is 6. The Morgan fingerprint density at radius 2 is 2.07 bits per heavy atom. The highest BCUT2D eigenvalue weighted by atomic mass is 35.5. The second-order valence-electron chi connectivity index (χ2n) is 5.66. The van der Waals surface area contributed by atoms with E-state index in [9.17, 15) is 4.79 Å². The third-order valence-electron chi connectivity index (χ3n) is 3.75. The monoisotopic (exact) mass is 388 g/mol. The second-order valence-corrected chi connectivity index (χ2v) is 6.10. The van der Waals surface area contributed by atoms with Gasteiger partial charge in [0.15, 0.2) is 5.69 Å². The molecule has 2 aromatic heterocycles. The number of benzene rings is 1. The maximum Gasteiger partial charge on any atom is 0.293 e. The normalized spacial score (nSPS) is 11.6. The number of nitrogens with zero attached hydrogens (tertiary/aromatic N) is 6. The van der Waals surface area contributed by atoms with E-state index in [1.807, 2.05) is 19.1 Å². The minimum atomic E-state index is -0.493. The first kappa shape index (κ1) is 18.5. The molecular weight excluding hydrogens is 372 g/mol. The molecule has 2 heterocycles. The Morgan fingerprint density at radius 1 is 1.33 bits per heavy atom. The average Bonchev–Trinajstić information content (AvgIpc) is 3.26. The van der Waals surface area contributed by atoms with Gasteiger partial charge in [0.2, 0.25) is 11.6 Å². The number of carbonyl (C=O) groups is 1. The van der Waals surface area contributed by atoms with Crippen LogP contribution in [0, 0.1) is 0 Å². The summed E-state index contributed by atoms with van der Waals surface area (Å²) < 4.78 is 5.94. The predicted octanol–water partition coefficient (Wildman–Crippen LogP) is 1.99. The Balaban J connectivity index is 1.84. The minimum absolute atomic E-state index is 0.0563. The van der Waals surface area contributed by atoms with Gasteiger partial charge < -0.3 is 5.73 Å². The van der Waals surface area contributed by atoms with Crippen LogP contribution in [0.25, 0.3) is 5.82 Å². The lowest BCUT2D eigenvalue weighted by molar-refractivity contribution is 0.0948. The van der Waals surface area contributed by atoms with Crippen molar-refractivity contribution in [2.45, 2.75) is 26.7 Å². The highest BCUT2D eigenvalue weighted by Crippen LogP contribution is 2.17. The van der Waals surface area contributed by atoms with E-state index in [0.717, 1.165) is 12.0 Å². The summed E-state index contributed by atoms with van der Waals surface area (Å²) in [6.45, 7) is 3.74. The maximum atomic E-state index is 12.6. The number of carbonyl (C=O) groups excluding carboxylic acids is 1. The largest absolute Gasteiger partial charge is 0.378 e. The van der Waals surface area contributed by atoms with Crippen molar-refractivity contribution in [3.05, 3.63) is 46.2 Å². The lowest BCUT2D eigenvalue weighted by Gasteiger charge is -2.05. The standard InChI is InChI=1S/C16H17ClN8O2/c1-3-4-12-13(20-24-25(12)15-14(18)22-27-23-15)16(26)21-19-9(2)10-5-7-11(17)8-6-10/h5-8H,3-4H2,1-2H3,(H2,18,22)(H,21,26). The first-order valence-electron chi connectivity index (χ1n) is 8.14. The Labute approximate surface area is 159 Å². The number of nitrogen functional groups attached to an aromatic ring is 1. The molecule has 3 N–H and O–H groups in total. The molecule has 1 aromatic carbocycles. The number of hydrogen-bond donors (Lipinski definition) is 2. The van der Waals surface area contributed by atoms with Gasteiger partial charge in [-0.2, -0.15) is 9.78 Å². The summed E-state index contributed by atoms with van der Waals surface area (Å²) >= 11 is 5.87. The van der Waals surface area contributed by atoms with Crippen molar-refractivity contribution in [3.63, 3.8) is 0 Å². The first-order valence-corrected chi connectivity index (χ1v) is 8.52. The molecule has 0 radical (unpaired) electrons. The summed E-state index contributed by atoms with van der Waals surface area (Å²) in [5, 5.41) is 19.9. The summed E-state index contributed by atoms with van der Waals surface area (Å²) in [6.07, 6.45) is 1.29. The zero-order chi connectivity index (χ0) is 19.4. The molecular formula is C16H17ClN8O2. The molecule has 3 rings (SSSR count). The molecule has 0 saturated heterocycles. The molecule has 10 nitrogen and oxygen atoms in total. The van der Waals surface area contributed by atoms with E-state index < -0.39 is 5.91 Å². The summed E-state index contributed by atoms with van der Waals surface area (Å²) in [5.41, 5.74) is 10.3. The quantitative estimate of drug-likeness (QED) is 0.486. The molecule has 27 heavy (non-hydrogen) atoms. The number of nitrogens with two attached hydrogens (primary N) is 1. The van der Waals surface area contributed by atoms with Crippen LogP contribution in [0.15, 0.2) is 34.0 Å². The van der Waals surface area contributed by atoms with Crippen LogP contribution < -0.4 is 11.2 Å². The Hall–Kier alpha value is -3.27. The van der Waals surface area contributed by atoms with Gasteiger partial charge in [0.1, 0.15) is 0 Å². The molecule has 0 bridgehead atoms. The topological polar surface area (TPSA) is 137 Å². The molecule has 0 atom stereocenters. The number of hydrogen-bond acceptors (Lipinski definition) is 8. The van der Waals surface area contributed by atoms with E-state index in [1.54, 1.807) is 19.1 Å². The average molecular weight is 389 g/mol. The number of hydrazone groups is 1. The summed E-state index contributed by atoms with van der Waals surface area (Å²) in [5.74, 6) is -0.250. The zero-order valence-corrected chi connectivity index (χ0v) is 15.4. The molecule has 0 aliphatic carbocycles. The number of halogens is 1. The van der Waals surface area contributed by atoms with E-state index in [2.05, 4.69) is 35.8 Å². The van der Waals surface area contributed by atoms with Crippen molar-refractivity contribution in [2.24, 2.45) is 5.10 Å². The van der Waals surface area contributed by atoms with Crippen LogP contribution in [0.1, 0.15) is 42.0 Å².